The number of ether oxygens (including phenoxy) is 1. The van der Waals surface area contributed by atoms with E-state index in [0.717, 1.165) is 12.4 Å². The number of pyridine rings is 1. The molecule has 1 aliphatic heterocycles. The molecule has 1 aromatic heterocycles. The van der Waals surface area contributed by atoms with Gasteiger partial charge in [-0.2, -0.15) is 0 Å². The van der Waals surface area contributed by atoms with Crippen LogP contribution in [0, 0.1) is 0 Å². The van der Waals surface area contributed by atoms with E-state index < -0.39 is 0 Å². The molecule has 0 aromatic carbocycles. The molecule has 1 saturated heterocycles. The van der Waals surface area contributed by atoms with Crippen molar-refractivity contribution in [1.29, 1.82) is 0 Å². The van der Waals surface area contributed by atoms with E-state index in [4.69, 9.17) is 4.74 Å². The number of likely N-dealkylation sites (tertiary alicyclic amines) is 1. The van der Waals surface area contributed by atoms with Crippen LogP contribution in [0.4, 0.5) is 0 Å². The molecular weight excluding hydrogens is 224 g/mol. The molecule has 1 aliphatic rings. The van der Waals surface area contributed by atoms with Gasteiger partial charge in [-0.1, -0.05) is 19.4 Å². The number of hydrogen-bond donors (Lipinski definition) is 0. The van der Waals surface area contributed by atoms with Crippen molar-refractivity contribution < 1.29 is 4.74 Å². The van der Waals surface area contributed by atoms with Crippen LogP contribution in [0.15, 0.2) is 18.3 Å². The van der Waals surface area contributed by atoms with Crippen LogP contribution in [0.2, 0.25) is 0 Å². The summed E-state index contributed by atoms with van der Waals surface area (Å²) in [6.45, 7) is 8.63. The van der Waals surface area contributed by atoms with Crippen molar-refractivity contribution in [3.63, 3.8) is 0 Å². The molecule has 0 aliphatic carbocycles. The van der Waals surface area contributed by atoms with Gasteiger partial charge in [0.05, 0.1) is 6.10 Å². The maximum Gasteiger partial charge on any atom is 0.218 e. The van der Waals surface area contributed by atoms with Crippen LogP contribution in [-0.2, 0) is 0 Å². The highest BCUT2D eigenvalue weighted by Gasteiger charge is 2.25. The van der Waals surface area contributed by atoms with E-state index in [0.29, 0.717) is 6.04 Å². The van der Waals surface area contributed by atoms with E-state index in [1.54, 1.807) is 0 Å². The zero-order valence-electron chi connectivity index (χ0n) is 11.7. The van der Waals surface area contributed by atoms with Crippen molar-refractivity contribution in [2.45, 2.75) is 52.2 Å². The minimum atomic E-state index is 0.178. The molecule has 1 fully saturated rings. The summed E-state index contributed by atoms with van der Waals surface area (Å²) in [6, 6.07) is 4.67. The van der Waals surface area contributed by atoms with Crippen molar-refractivity contribution in [3.05, 3.63) is 23.9 Å². The molecule has 3 heteroatoms. The summed E-state index contributed by atoms with van der Waals surface area (Å²) in [4.78, 5) is 6.95. The third-order valence-electron chi connectivity index (χ3n) is 3.53. The van der Waals surface area contributed by atoms with E-state index >= 15 is 0 Å². The monoisotopic (exact) mass is 248 g/mol. The molecule has 0 saturated carbocycles. The molecule has 0 amide bonds. The molecular formula is C15H24N2O. The van der Waals surface area contributed by atoms with E-state index in [1.165, 1.54) is 31.4 Å². The lowest BCUT2D eigenvalue weighted by atomic mass is 9.96. The van der Waals surface area contributed by atoms with Crippen LogP contribution < -0.4 is 4.74 Å². The van der Waals surface area contributed by atoms with E-state index in [2.05, 4.69) is 36.7 Å². The highest BCUT2D eigenvalue weighted by molar-refractivity contribution is 5.29. The summed E-state index contributed by atoms with van der Waals surface area (Å²) < 4.78 is 5.85. The Morgan fingerprint density at radius 2 is 2.28 bits per heavy atom. The van der Waals surface area contributed by atoms with Gasteiger partial charge >= 0.3 is 0 Å². The van der Waals surface area contributed by atoms with Crippen LogP contribution in [0.25, 0.3) is 0 Å². The summed E-state index contributed by atoms with van der Waals surface area (Å²) >= 11 is 0. The maximum absolute atomic E-state index is 5.85. The van der Waals surface area contributed by atoms with Gasteiger partial charge < -0.3 is 4.74 Å². The Balaban J connectivity index is 2.24. The van der Waals surface area contributed by atoms with Crippen LogP contribution in [0.5, 0.6) is 5.88 Å². The first-order valence-corrected chi connectivity index (χ1v) is 7.08. The summed E-state index contributed by atoms with van der Waals surface area (Å²) in [6.07, 6.45) is 5.83. The summed E-state index contributed by atoms with van der Waals surface area (Å²) in [5.74, 6) is 0.817. The van der Waals surface area contributed by atoms with Crippen molar-refractivity contribution in [2.75, 3.05) is 13.1 Å². The molecule has 3 nitrogen and oxygen atoms in total. The first-order chi connectivity index (χ1) is 8.72. The molecule has 18 heavy (non-hydrogen) atoms. The Morgan fingerprint density at radius 3 is 3.00 bits per heavy atom. The lowest BCUT2D eigenvalue weighted by Crippen LogP contribution is -2.33. The Morgan fingerprint density at radius 1 is 1.44 bits per heavy atom. The quantitative estimate of drug-likeness (QED) is 0.816. The average molecular weight is 248 g/mol. The zero-order valence-corrected chi connectivity index (χ0v) is 11.7. The van der Waals surface area contributed by atoms with Gasteiger partial charge in [0.25, 0.3) is 0 Å². The van der Waals surface area contributed by atoms with Crippen molar-refractivity contribution >= 4 is 0 Å². The molecule has 2 rings (SSSR count). The summed E-state index contributed by atoms with van der Waals surface area (Å²) in [7, 11) is 0. The van der Waals surface area contributed by atoms with Gasteiger partial charge in [-0.05, 0) is 45.8 Å². The molecule has 0 unspecified atom stereocenters. The third-order valence-corrected chi connectivity index (χ3v) is 3.53. The normalized spacial score (nSPS) is 21.2. The van der Waals surface area contributed by atoms with E-state index in [-0.39, 0.29) is 6.10 Å². The second-order valence-corrected chi connectivity index (χ2v) is 5.20. The Kier molecular flexibility index (Phi) is 4.59. The second-order valence-electron chi connectivity index (χ2n) is 5.20. The maximum atomic E-state index is 5.85. The van der Waals surface area contributed by atoms with Gasteiger partial charge in [-0.25, -0.2) is 4.98 Å². The summed E-state index contributed by atoms with van der Waals surface area (Å²) in [5, 5.41) is 0. The van der Waals surface area contributed by atoms with Crippen LogP contribution in [0.1, 0.15) is 51.6 Å². The van der Waals surface area contributed by atoms with Crippen LogP contribution in [-0.4, -0.2) is 29.1 Å². The lowest BCUT2D eigenvalue weighted by molar-refractivity contribution is 0.148. The van der Waals surface area contributed by atoms with Gasteiger partial charge in [0.15, 0.2) is 0 Å². The smallest absolute Gasteiger partial charge is 0.218 e. The van der Waals surface area contributed by atoms with Gasteiger partial charge in [-0.15, -0.1) is 0 Å². The highest BCUT2D eigenvalue weighted by Crippen LogP contribution is 2.34. The molecule has 0 spiro atoms. The zero-order chi connectivity index (χ0) is 13.0. The lowest BCUT2D eigenvalue weighted by Gasteiger charge is -2.35. The van der Waals surface area contributed by atoms with Gasteiger partial charge in [0, 0.05) is 17.8 Å². The summed E-state index contributed by atoms with van der Waals surface area (Å²) in [5.41, 5.74) is 1.26. The largest absolute Gasteiger partial charge is 0.475 e. The Bertz CT molecular complexity index is 379. The minimum Gasteiger partial charge on any atom is -0.475 e. The van der Waals surface area contributed by atoms with Crippen molar-refractivity contribution in [3.8, 4) is 5.88 Å². The standard InChI is InChI=1S/C15H24N2O/c1-4-17-11-6-5-9-14(17)13-8-7-10-16-15(13)18-12(2)3/h7-8,10,12,14H,4-6,9,11H2,1-3H3/t14-/m0/s1. The SMILES string of the molecule is CCN1CCCC[C@H]1c1cccnc1OC(C)C. The molecule has 1 atom stereocenters. The number of hydrogen-bond acceptors (Lipinski definition) is 3. The highest BCUT2D eigenvalue weighted by atomic mass is 16.5. The Labute approximate surface area is 110 Å². The minimum absolute atomic E-state index is 0.178. The topological polar surface area (TPSA) is 25.4 Å². The molecule has 100 valence electrons. The van der Waals surface area contributed by atoms with Gasteiger partial charge in [0.1, 0.15) is 0 Å². The first kappa shape index (κ1) is 13.3. The van der Waals surface area contributed by atoms with Crippen molar-refractivity contribution in [2.24, 2.45) is 0 Å². The fourth-order valence-electron chi connectivity index (χ4n) is 2.70. The molecule has 0 radical (unpaired) electrons. The van der Waals surface area contributed by atoms with Gasteiger partial charge in [-0.3, -0.25) is 4.90 Å². The molecule has 1 aromatic rings. The number of piperidine rings is 1. The third kappa shape index (κ3) is 3.02. The average Bonchev–Trinajstić information content (AvgIpc) is 2.39. The van der Waals surface area contributed by atoms with Gasteiger partial charge in [0.2, 0.25) is 5.88 Å². The molecule has 2 heterocycles. The fourth-order valence-corrected chi connectivity index (χ4v) is 2.70. The predicted octanol–water partition coefficient (Wildman–Crippen LogP) is 3.42. The molecule has 0 N–H and O–H groups in total. The van der Waals surface area contributed by atoms with Crippen LogP contribution in [0.3, 0.4) is 0 Å². The van der Waals surface area contributed by atoms with E-state index in [9.17, 15) is 0 Å². The molecule has 0 bridgehead atoms. The fraction of sp³-hybridized carbons (Fsp3) is 0.667. The number of aromatic nitrogens is 1. The van der Waals surface area contributed by atoms with Crippen LogP contribution >= 0.6 is 0 Å². The van der Waals surface area contributed by atoms with Crippen molar-refractivity contribution in [1.82, 2.24) is 9.88 Å². The van der Waals surface area contributed by atoms with E-state index in [1.807, 2.05) is 12.3 Å². The first-order valence-electron chi connectivity index (χ1n) is 7.08. The second kappa shape index (κ2) is 6.19. The predicted molar refractivity (Wildman–Crippen MR) is 73.8 cm³/mol. The number of rotatable bonds is 4. The number of nitrogens with zero attached hydrogens (tertiary/aromatic N) is 2. The Hall–Kier alpha value is -1.09.